The van der Waals surface area contributed by atoms with Gasteiger partial charge in [-0.05, 0) is 33.9 Å². The molecule has 8 heteroatoms. The molecule has 0 saturated heterocycles. The van der Waals surface area contributed by atoms with Crippen molar-refractivity contribution in [1.82, 2.24) is 19.7 Å². The third-order valence-corrected chi connectivity index (χ3v) is 6.27. The number of carbonyl (C=O) groups is 1. The Balaban J connectivity index is 1.76. The third kappa shape index (κ3) is 4.92. The summed E-state index contributed by atoms with van der Waals surface area (Å²) in [7, 11) is 0. The van der Waals surface area contributed by atoms with Crippen molar-refractivity contribution >= 4 is 28.8 Å². The summed E-state index contributed by atoms with van der Waals surface area (Å²) < 4.78 is 2.02. The van der Waals surface area contributed by atoms with Gasteiger partial charge in [0.25, 0.3) is 5.88 Å². The highest BCUT2D eigenvalue weighted by Crippen LogP contribution is 2.33. The summed E-state index contributed by atoms with van der Waals surface area (Å²) in [5, 5.41) is 29.0. The molecule has 2 aromatic carbocycles. The van der Waals surface area contributed by atoms with E-state index < -0.39 is 5.97 Å². The number of aromatic carboxylic acids is 1. The molecule has 0 aliphatic heterocycles. The Kier molecular flexibility index (Phi) is 6.61. The first kappa shape index (κ1) is 23.8. The van der Waals surface area contributed by atoms with Crippen LogP contribution in [-0.2, 0) is 13.0 Å². The maximum absolute atomic E-state index is 11.6. The first-order valence-corrected chi connectivity index (χ1v) is 12.2. The molecule has 0 saturated carbocycles. The average Bonchev–Trinajstić information content (AvgIpc) is 3.13. The fraction of sp³-hybridized carbons (Fsp3) is 0.308. The first-order chi connectivity index (χ1) is 16.2. The van der Waals surface area contributed by atoms with Crippen LogP contribution in [0.4, 0.5) is 0 Å². The summed E-state index contributed by atoms with van der Waals surface area (Å²) >= 11 is 1.55. The van der Waals surface area contributed by atoms with Crippen LogP contribution in [0, 0.1) is 5.41 Å². The number of rotatable bonds is 7. The van der Waals surface area contributed by atoms with E-state index in [2.05, 4.69) is 31.0 Å². The number of fused-ring (bicyclic) bond motifs is 1. The summed E-state index contributed by atoms with van der Waals surface area (Å²) in [5.41, 5.74) is 4.05. The van der Waals surface area contributed by atoms with Gasteiger partial charge in [-0.3, -0.25) is 0 Å². The average molecular weight is 477 g/mol. The van der Waals surface area contributed by atoms with E-state index in [1.54, 1.807) is 23.9 Å². The number of carboxylic acid groups (broad SMARTS) is 1. The summed E-state index contributed by atoms with van der Waals surface area (Å²) in [6.45, 7) is 9.01. The van der Waals surface area contributed by atoms with E-state index in [-0.39, 0.29) is 16.9 Å². The fourth-order valence-corrected chi connectivity index (χ4v) is 4.62. The molecule has 34 heavy (non-hydrogen) atoms. The summed E-state index contributed by atoms with van der Waals surface area (Å²) in [5.74, 6) is 0.615. The van der Waals surface area contributed by atoms with Crippen LogP contribution in [0.15, 0.2) is 53.6 Å². The number of benzene rings is 2. The SMILES string of the molecule is CCSc1nnc(O)c2c1nc(CC(C)(C)C)n2Cc1ccc(-c2ccccc2C(=O)O)cc1. The van der Waals surface area contributed by atoms with E-state index in [0.29, 0.717) is 28.2 Å². The topological polar surface area (TPSA) is 101 Å². The molecule has 4 rings (SSSR count). The zero-order chi connectivity index (χ0) is 24.5. The van der Waals surface area contributed by atoms with Gasteiger partial charge in [0.05, 0.1) is 5.56 Å². The molecular formula is C26H28N4O3S. The molecule has 2 N–H and O–H groups in total. The van der Waals surface area contributed by atoms with Crippen molar-refractivity contribution in [2.24, 2.45) is 5.41 Å². The van der Waals surface area contributed by atoms with Crippen LogP contribution in [0.2, 0.25) is 0 Å². The van der Waals surface area contributed by atoms with E-state index in [0.717, 1.165) is 29.1 Å². The minimum Gasteiger partial charge on any atom is -0.491 e. The lowest BCUT2D eigenvalue weighted by Crippen LogP contribution is -2.15. The minimum absolute atomic E-state index is 0.00192. The Labute approximate surface area is 202 Å². The summed E-state index contributed by atoms with van der Waals surface area (Å²) in [6.07, 6.45) is 0.724. The van der Waals surface area contributed by atoms with Crippen LogP contribution in [0.25, 0.3) is 22.2 Å². The van der Waals surface area contributed by atoms with Crippen LogP contribution in [0.1, 0.15) is 49.4 Å². The Hall–Kier alpha value is -3.39. The zero-order valence-corrected chi connectivity index (χ0v) is 20.6. The van der Waals surface area contributed by atoms with Crippen LogP contribution < -0.4 is 0 Å². The molecule has 0 fully saturated rings. The Morgan fingerprint density at radius 1 is 1.06 bits per heavy atom. The molecule has 4 aromatic rings. The van der Waals surface area contributed by atoms with E-state index in [9.17, 15) is 15.0 Å². The van der Waals surface area contributed by atoms with Crippen molar-refractivity contribution in [3.8, 4) is 17.0 Å². The van der Waals surface area contributed by atoms with Gasteiger partial charge in [-0.25, -0.2) is 9.78 Å². The first-order valence-electron chi connectivity index (χ1n) is 11.2. The van der Waals surface area contributed by atoms with Crippen LogP contribution in [0.5, 0.6) is 5.88 Å². The van der Waals surface area contributed by atoms with Crippen molar-refractivity contribution in [1.29, 1.82) is 0 Å². The number of hydrogen-bond acceptors (Lipinski definition) is 6. The number of aromatic hydroxyl groups is 1. The zero-order valence-electron chi connectivity index (χ0n) is 19.7. The quantitative estimate of drug-likeness (QED) is 0.333. The lowest BCUT2D eigenvalue weighted by atomic mass is 9.92. The maximum Gasteiger partial charge on any atom is 0.336 e. The van der Waals surface area contributed by atoms with Gasteiger partial charge in [-0.1, -0.05) is 70.2 Å². The predicted molar refractivity (Wildman–Crippen MR) is 134 cm³/mol. The molecule has 0 unspecified atom stereocenters. The van der Waals surface area contributed by atoms with Gasteiger partial charge in [-0.15, -0.1) is 22.0 Å². The Morgan fingerprint density at radius 3 is 2.41 bits per heavy atom. The fourth-order valence-electron chi connectivity index (χ4n) is 3.97. The van der Waals surface area contributed by atoms with Gasteiger partial charge in [0.1, 0.15) is 21.9 Å². The van der Waals surface area contributed by atoms with Gasteiger partial charge in [0, 0.05) is 13.0 Å². The molecule has 0 aliphatic rings. The highest BCUT2D eigenvalue weighted by Gasteiger charge is 2.23. The number of imidazole rings is 1. The highest BCUT2D eigenvalue weighted by atomic mass is 32.2. The summed E-state index contributed by atoms with van der Waals surface area (Å²) in [6, 6.07) is 14.8. The molecule has 2 aromatic heterocycles. The second-order valence-corrected chi connectivity index (χ2v) is 10.6. The molecule has 0 bridgehead atoms. The van der Waals surface area contributed by atoms with Crippen molar-refractivity contribution in [2.75, 3.05) is 5.75 Å². The molecular weight excluding hydrogens is 448 g/mol. The van der Waals surface area contributed by atoms with E-state index in [4.69, 9.17) is 4.98 Å². The predicted octanol–water partition coefficient (Wildman–Crippen LogP) is 5.65. The number of hydrogen-bond donors (Lipinski definition) is 2. The van der Waals surface area contributed by atoms with Crippen LogP contribution in [-0.4, -0.2) is 41.7 Å². The van der Waals surface area contributed by atoms with Gasteiger partial charge in [-0.2, -0.15) is 0 Å². The highest BCUT2D eigenvalue weighted by molar-refractivity contribution is 7.99. The van der Waals surface area contributed by atoms with Crippen molar-refractivity contribution in [2.45, 2.75) is 45.7 Å². The molecule has 0 spiro atoms. The van der Waals surface area contributed by atoms with E-state index in [1.807, 2.05) is 47.9 Å². The Morgan fingerprint density at radius 2 is 1.76 bits per heavy atom. The van der Waals surface area contributed by atoms with Crippen molar-refractivity contribution in [3.63, 3.8) is 0 Å². The normalized spacial score (nSPS) is 11.8. The molecule has 7 nitrogen and oxygen atoms in total. The van der Waals surface area contributed by atoms with Crippen molar-refractivity contribution in [3.05, 3.63) is 65.5 Å². The van der Waals surface area contributed by atoms with E-state index in [1.165, 1.54) is 0 Å². The minimum atomic E-state index is -0.950. The van der Waals surface area contributed by atoms with Gasteiger partial charge in [0.2, 0.25) is 0 Å². The van der Waals surface area contributed by atoms with Gasteiger partial charge in [0.15, 0.2) is 0 Å². The summed E-state index contributed by atoms with van der Waals surface area (Å²) in [4.78, 5) is 16.5. The lowest BCUT2D eigenvalue weighted by Gasteiger charge is -2.19. The Bertz CT molecular complexity index is 1340. The van der Waals surface area contributed by atoms with Crippen LogP contribution in [0.3, 0.4) is 0 Å². The molecule has 0 aliphatic carbocycles. The second kappa shape index (κ2) is 9.46. The lowest BCUT2D eigenvalue weighted by molar-refractivity contribution is 0.0697. The molecule has 0 atom stereocenters. The molecule has 0 radical (unpaired) electrons. The molecule has 0 amide bonds. The van der Waals surface area contributed by atoms with Gasteiger partial charge < -0.3 is 14.8 Å². The van der Waals surface area contributed by atoms with Crippen molar-refractivity contribution < 1.29 is 15.0 Å². The largest absolute Gasteiger partial charge is 0.491 e. The molecule has 2 heterocycles. The second-order valence-electron chi connectivity index (χ2n) is 9.36. The standard InChI is InChI=1S/C26H28N4O3S/c1-5-34-24-21-22(23(31)28-29-24)30(20(27-21)14-26(2,3)4)15-16-10-12-17(13-11-16)18-8-6-7-9-19(18)25(32)33/h6-13H,5,14-15H2,1-4H3,(H,28,31)(H,32,33). The number of thioether (sulfide) groups is 1. The number of nitrogens with zero attached hydrogens (tertiary/aromatic N) is 4. The third-order valence-electron chi connectivity index (χ3n) is 5.43. The van der Waals surface area contributed by atoms with Gasteiger partial charge >= 0.3 is 5.97 Å². The number of aromatic nitrogens is 4. The monoisotopic (exact) mass is 476 g/mol. The number of carboxylic acids is 1. The van der Waals surface area contributed by atoms with E-state index >= 15 is 0 Å². The maximum atomic E-state index is 11.6. The van der Waals surface area contributed by atoms with Crippen LogP contribution >= 0.6 is 11.8 Å². The molecule has 176 valence electrons. The smallest absolute Gasteiger partial charge is 0.336 e.